The second-order valence-corrected chi connectivity index (χ2v) is 8.51. The van der Waals surface area contributed by atoms with E-state index < -0.39 is 14.9 Å². The summed E-state index contributed by atoms with van der Waals surface area (Å²) in [6, 6.07) is 10.9. The third kappa shape index (κ3) is 5.61. The number of nitrogens with zero attached hydrogens (tertiary/aromatic N) is 1. The van der Waals surface area contributed by atoms with Gasteiger partial charge in [-0.2, -0.15) is 0 Å². The van der Waals surface area contributed by atoms with Gasteiger partial charge in [0.2, 0.25) is 15.9 Å². The average Bonchev–Trinajstić information content (AvgIpc) is 3.57. The molecule has 2 amide bonds. The maximum Gasteiger partial charge on any atom is 0.269 e. The molecule has 0 heterocycles. The van der Waals surface area contributed by atoms with Crippen LogP contribution in [-0.4, -0.2) is 38.2 Å². The third-order valence-electron chi connectivity index (χ3n) is 4.42. The number of rotatable bonds is 9. The smallest absolute Gasteiger partial charge is 0.269 e. The molecule has 0 saturated heterocycles. The molecule has 0 spiro atoms. The molecule has 0 aromatic heterocycles. The quantitative estimate of drug-likeness (QED) is 0.312. The Morgan fingerprint density at radius 1 is 1.00 bits per heavy atom. The first-order valence-corrected chi connectivity index (χ1v) is 10.7. The van der Waals surface area contributed by atoms with Crippen LogP contribution in [0.4, 0.5) is 11.4 Å². The fourth-order valence-corrected chi connectivity index (χ4v) is 3.62. The normalized spacial score (nSPS) is 13.5. The standard InChI is InChI=1S/C19H20N4O6S/c24-18(13-3-5-15(6-4-13)22-19(25)14-1-2-14)20-11-12-21-30(28,29)17-9-7-16(8-10-17)23(26)27/h3-10,14,21H,1-2,11-12H2,(H,20,24)(H,22,25). The summed E-state index contributed by atoms with van der Waals surface area (Å²) in [7, 11) is -3.85. The van der Waals surface area contributed by atoms with Gasteiger partial charge in [-0.3, -0.25) is 19.7 Å². The molecule has 0 unspecified atom stereocenters. The van der Waals surface area contributed by atoms with E-state index in [1.54, 1.807) is 24.3 Å². The molecule has 0 atom stereocenters. The minimum Gasteiger partial charge on any atom is -0.351 e. The zero-order valence-corrected chi connectivity index (χ0v) is 16.6. The molecule has 0 radical (unpaired) electrons. The van der Waals surface area contributed by atoms with Crippen LogP contribution in [0.1, 0.15) is 23.2 Å². The van der Waals surface area contributed by atoms with Gasteiger partial charge in [0.25, 0.3) is 11.6 Å². The number of carbonyl (C=O) groups is 2. The van der Waals surface area contributed by atoms with Crippen LogP contribution in [0.15, 0.2) is 53.4 Å². The molecule has 0 bridgehead atoms. The molecule has 2 aromatic carbocycles. The van der Waals surface area contributed by atoms with Gasteiger partial charge in [0.15, 0.2) is 0 Å². The minimum absolute atomic E-state index is 0.0208. The van der Waals surface area contributed by atoms with Crippen LogP contribution >= 0.6 is 0 Å². The molecule has 1 fully saturated rings. The average molecular weight is 432 g/mol. The second kappa shape index (κ2) is 9.01. The summed E-state index contributed by atoms with van der Waals surface area (Å²) in [5.41, 5.74) is 0.774. The van der Waals surface area contributed by atoms with E-state index in [9.17, 15) is 28.1 Å². The van der Waals surface area contributed by atoms with Crippen LogP contribution < -0.4 is 15.4 Å². The predicted octanol–water partition coefficient (Wildman–Crippen LogP) is 1.65. The van der Waals surface area contributed by atoms with Gasteiger partial charge in [-0.1, -0.05) is 0 Å². The van der Waals surface area contributed by atoms with Gasteiger partial charge in [0.05, 0.1) is 9.82 Å². The van der Waals surface area contributed by atoms with Crippen molar-refractivity contribution in [3.05, 3.63) is 64.2 Å². The number of nitro groups is 1. The first-order chi connectivity index (χ1) is 14.3. The number of carbonyl (C=O) groups excluding carboxylic acids is 2. The number of anilines is 1. The van der Waals surface area contributed by atoms with Crippen molar-refractivity contribution in [2.75, 3.05) is 18.4 Å². The Morgan fingerprint density at radius 3 is 2.20 bits per heavy atom. The van der Waals surface area contributed by atoms with Gasteiger partial charge in [0.1, 0.15) is 0 Å². The highest BCUT2D eigenvalue weighted by molar-refractivity contribution is 7.89. The molecule has 0 aliphatic heterocycles. The van der Waals surface area contributed by atoms with E-state index in [-0.39, 0.29) is 41.4 Å². The van der Waals surface area contributed by atoms with Crippen molar-refractivity contribution in [1.82, 2.24) is 10.0 Å². The Labute approximate surface area is 172 Å². The van der Waals surface area contributed by atoms with E-state index in [0.29, 0.717) is 11.3 Å². The van der Waals surface area contributed by atoms with Gasteiger partial charge in [-0.05, 0) is 49.2 Å². The van der Waals surface area contributed by atoms with E-state index in [0.717, 1.165) is 37.1 Å². The highest BCUT2D eigenvalue weighted by Crippen LogP contribution is 2.30. The lowest BCUT2D eigenvalue weighted by Crippen LogP contribution is -2.34. The van der Waals surface area contributed by atoms with Gasteiger partial charge < -0.3 is 10.6 Å². The fraction of sp³-hybridized carbons (Fsp3) is 0.263. The molecule has 158 valence electrons. The van der Waals surface area contributed by atoms with Crippen molar-refractivity contribution in [3.63, 3.8) is 0 Å². The molecule has 11 heteroatoms. The van der Waals surface area contributed by atoms with Crippen LogP contribution in [-0.2, 0) is 14.8 Å². The number of nitro benzene ring substituents is 1. The summed E-state index contributed by atoms with van der Waals surface area (Å²) in [5, 5.41) is 16.0. The van der Waals surface area contributed by atoms with E-state index in [1.807, 2.05) is 0 Å². The molecule has 3 rings (SSSR count). The molecule has 30 heavy (non-hydrogen) atoms. The lowest BCUT2D eigenvalue weighted by molar-refractivity contribution is -0.384. The maximum atomic E-state index is 12.2. The highest BCUT2D eigenvalue weighted by Gasteiger charge is 2.29. The summed E-state index contributed by atoms with van der Waals surface area (Å²) in [5.74, 6) is -0.320. The Kier molecular flexibility index (Phi) is 6.43. The summed E-state index contributed by atoms with van der Waals surface area (Å²) < 4.78 is 26.7. The monoisotopic (exact) mass is 432 g/mol. The highest BCUT2D eigenvalue weighted by atomic mass is 32.2. The molecule has 10 nitrogen and oxygen atoms in total. The van der Waals surface area contributed by atoms with Crippen LogP contribution in [0, 0.1) is 16.0 Å². The van der Waals surface area contributed by atoms with Crippen LogP contribution in [0.5, 0.6) is 0 Å². The second-order valence-electron chi connectivity index (χ2n) is 6.75. The van der Waals surface area contributed by atoms with E-state index in [2.05, 4.69) is 15.4 Å². The first-order valence-electron chi connectivity index (χ1n) is 9.19. The molecule has 1 aliphatic rings. The third-order valence-corrected chi connectivity index (χ3v) is 5.90. The van der Waals surface area contributed by atoms with Crippen LogP contribution in [0.2, 0.25) is 0 Å². The van der Waals surface area contributed by atoms with Gasteiger partial charge in [-0.25, -0.2) is 13.1 Å². The molecule has 3 N–H and O–H groups in total. The predicted molar refractivity (Wildman–Crippen MR) is 108 cm³/mol. The number of benzene rings is 2. The Hall–Kier alpha value is -3.31. The molecular weight excluding hydrogens is 412 g/mol. The van der Waals surface area contributed by atoms with E-state index >= 15 is 0 Å². The topological polar surface area (TPSA) is 148 Å². The number of non-ortho nitro benzene ring substituents is 1. The Bertz CT molecular complexity index is 1050. The van der Waals surface area contributed by atoms with Crippen LogP contribution in [0.3, 0.4) is 0 Å². The Morgan fingerprint density at radius 2 is 1.63 bits per heavy atom. The number of hydrogen-bond donors (Lipinski definition) is 3. The lowest BCUT2D eigenvalue weighted by Gasteiger charge is -2.09. The molecule has 1 aliphatic carbocycles. The zero-order valence-electron chi connectivity index (χ0n) is 15.8. The van der Waals surface area contributed by atoms with Crippen molar-refractivity contribution in [2.45, 2.75) is 17.7 Å². The molecule has 2 aromatic rings. The van der Waals surface area contributed by atoms with E-state index in [1.165, 1.54) is 0 Å². The van der Waals surface area contributed by atoms with E-state index in [4.69, 9.17) is 0 Å². The maximum absolute atomic E-state index is 12.2. The summed E-state index contributed by atoms with van der Waals surface area (Å²) in [4.78, 5) is 33.8. The lowest BCUT2D eigenvalue weighted by atomic mass is 10.2. The SMILES string of the molecule is O=C(NCCNS(=O)(=O)c1ccc([N+](=O)[O-])cc1)c1ccc(NC(=O)C2CC2)cc1. The largest absolute Gasteiger partial charge is 0.351 e. The van der Waals surface area contributed by atoms with Crippen LogP contribution in [0.25, 0.3) is 0 Å². The summed E-state index contributed by atoms with van der Waals surface area (Å²) in [6.45, 7) is -0.00813. The zero-order chi connectivity index (χ0) is 21.7. The van der Waals surface area contributed by atoms with Crippen molar-refractivity contribution in [3.8, 4) is 0 Å². The summed E-state index contributed by atoms with van der Waals surface area (Å²) >= 11 is 0. The van der Waals surface area contributed by atoms with Crippen molar-refractivity contribution in [1.29, 1.82) is 0 Å². The fourth-order valence-electron chi connectivity index (χ4n) is 2.59. The van der Waals surface area contributed by atoms with Gasteiger partial charge >= 0.3 is 0 Å². The number of nitrogens with one attached hydrogen (secondary N) is 3. The van der Waals surface area contributed by atoms with Gasteiger partial charge in [0, 0.05) is 42.4 Å². The van der Waals surface area contributed by atoms with Crippen molar-refractivity contribution < 1.29 is 22.9 Å². The minimum atomic E-state index is -3.85. The van der Waals surface area contributed by atoms with Crippen molar-refractivity contribution >= 4 is 33.2 Å². The first kappa shape index (κ1) is 21.4. The Balaban J connectivity index is 1.45. The number of amides is 2. The van der Waals surface area contributed by atoms with Gasteiger partial charge in [-0.15, -0.1) is 0 Å². The van der Waals surface area contributed by atoms with Crippen molar-refractivity contribution in [2.24, 2.45) is 5.92 Å². The number of hydrogen-bond acceptors (Lipinski definition) is 6. The molecule has 1 saturated carbocycles. The number of sulfonamides is 1. The molecular formula is C19H20N4O6S. The summed E-state index contributed by atoms with van der Waals surface area (Å²) in [6.07, 6.45) is 1.81.